The molecule has 136 valence electrons. The van der Waals surface area contributed by atoms with Crippen LogP contribution in [0, 0.1) is 0 Å². The second-order valence-electron chi connectivity index (χ2n) is 5.54. The first-order valence-corrected chi connectivity index (χ1v) is 7.82. The van der Waals surface area contributed by atoms with Gasteiger partial charge in [0.1, 0.15) is 17.3 Å². The average molecular weight is 348 g/mol. The molecule has 0 saturated heterocycles. The summed E-state index contributed by atoms with van der Waals surface area (Å²) >= 11 is 0. The van der Waals surface area contributed by atoms with Gasteiger partial charge < -0.3 is 28.8 Å². The molecule has 0 radical (unpaired) electrons. The minimum atomic E-state index is -0.101. The van der Waals surface area contributed by atoms with Gasteiger partial charge in [-0.3, -0.25) is 0 Å². The molecule has 0 saturated carbocycles. The molecule has 1 aliphatic heterocycles. The van der Waals surface area contributed by atoms with Crippen LogP contribution in [0.1, 0.15) is 12.5 Å². The second kappa shape index (κ2) is 8.48. The molecule has 0 fully saturated rings. The van der Waals surface area contributed by atoms with Crippen LogP contribution >= 0.6 is 0 Å². The van der Waals surface area contributed by atoms with Crippen molar-refractivity contribution in [3.05, 3.63) is 53.5 Å². The Morgan fingerprint density at radius 2 is 1.92 bits per heavy atom. The van der Waals surface area contributed by atoms with Crippen LogP contribution in [0.5, 0.6) is 17.2 Å². The lowest BCUT2D eigenvalue weighted by Crippen LogP contribution is -2.03. The van der Waals surface area contributed by atoms with Crippen molar-refractivity contribution in [2.24, 2.45) is 0 Å². The molecule has 1 N–H and O–H groups in total. The summed E-state index contributed by atoms with van der Waals surface area (Å²) in [5.74, 6) is 2.41. The van der Waals surface area contributed by atoms with Crippen molar-refractivity contribution < 1.29 is 28.8 Å². The van der Waals surface area contributed by atoms with Gasteiger partial charge in [-0.25, -0.2) is 0 Å². The van der Waals surface area contributed by atoms with E-state index in [-0.39, 0.29) is 18.6 Å². The fourth-order valence-corrected chi connectivity index (χ4v) is 2.34. The molecule has 1 aliphatic rings. The summed E-state index contributed by atoms with van der Waals surface area (Å²) in [6.45, 7) is 6.11. The summed E-state index contributed by atoms with van der Waals surface area (Å²) in [6, 6.07) is 3.29. The number of methoxy groups -OCH3 is 3. The van der Waals surface area contributed by atoms with Crippen molar-refractivity contribution >= 4 is 0 Å². The molecule has 25 heavy (non-hydrogen) atoms. The number of phenolic OH excluding ortho intramolecular Hbond substituents is 1. The number of ether oxygens (including phenoxy) is 5. The summed E-state index contributed by atoms with van der Waals surface area (Å²) < 4.78 is 26.6. The van der Waals surface area contributed by atoms with E-state index in [1.807, 2.05) is 13.0 Å². The summed E-state index contributed by atoms with van der Waals surface area (Å²) in [5, 5.41) is 10.2. The van der Waals surface area contributed by atoms with E-state index in [0.717, 1.165) is 0 Å². The second-order valence-corrected chi connectivity index (χ2v) is 5.54. The van der Waals surface area contributed by atoms with Crippen LogP contribution in [0.2, 0.25) is 0 Å². The minimum absolute atomic E-state index is 0.101. The Kier molecular flexibility index (Phi) is 6.36. The normalized spacial score (nSPS) is 15.0. The highest BCUT2D eigenvalue weighted by Crippen LogP contribution is 2.38. The Labute approximate surface area is 147 Å². The van der Waals surface area contributed by atoms with Crippen LogP contribution in [0.25, 0.3) is 0 Å². The Balaban J connectivity index is 2.20. The molecule has 1 aromatic rings. The summed E-state index contributed by atoms with van der Waals surface area (Å²) in [6.07, 6.45) is 3.85. The number of benzene rings is 1. The monoisotopic (exact) mass is 348 g/mol. The van der Waals surface area contributed by atoms with Crippen LogP contribution in [-0.2, 0) is 20.6 Å². The predicted molar refractivity (Wildman–Crippen MR) is 93.7 cm³/mol. The van der Waals surface area contributed by atoms with Gasteiger partial charge in [-0.2, -0.15) is 0 Å². The van der Waals surface area contributed by atoms with E-state index in [1.165, 1.54) is 0 Å². The number of hydrogen-bond donors (Lipinski definition) is 1. The Hall–Kier alpha value is -2.60. The molecule has 0 aliphatic carbocycles. The smallest absolute Gasteiger partial charge is 0.231 e. The summed E-state index contributed by atoms with van der Waals surface area (Å²) in [4.78, 5) is 0. The van der Waals surface area contributed by atoms with E-state index in [4.69, 9.17) is 23.7 Å². The highest BCUT2D eigenvalue weighted by atomic mass is 16.7. The lowest BCUT2D eigenvalue weighted by Gasteiger charge is -2.13. The largest absolute Gasteiger partial charge is 0.508 e. The van der Waals surface area contributed by atoms with Crippen molar-refractivity contribution in [3.63, 3.8) is 0 Å². The maximum Gasteiger partial charge on any atom is 0.231 e. The number of phenols is 1. The summed E-state index contributed by atoms with van der Waals surface area (Å²) in [5.41, 5.74) is 1.36. The van der Waals surface area contributed by atoms with Gasteiger partial charge in [-0.15, -0.1) is 0 Å². The van der Waals surface area contributed by atoms with Crippen molar-refractivity contribution in [2.45, 2.75) is 19.4 Å². The molecule has 1 heterocycles. The Bertz CT molecular complexity index is 689. The summed E-state index contributed by atoms with van der Waals surface area (Å²) in [7, 11) is 4.75. The third-order valence-corrected chi connectivity index (χ3v) is 3.83. The maximum atomic E-state index is 10.2. The fraction of sp³-hybridized carbons (Fsp3) is 0.368. The first kappa shape index (κ1) is 18.7. The third-order valence-electron chi connectivity index (χ3n) is 3.83. The molecule has 6 heteroatoms. The van der Waals surface area contributed by atoms with Crippen molar-refractivity contribution in [1.82, 2.24) is 0 Å². The standard InChI is InChI=1S/C19H24O6/c1-12(17(23-5)9-15(22-4)7-13(2)21-3)6-14-8-18-19(10-16(14)20)25-11-24-18/h7-10,13,20H,1,6,11H2,2-5H3/b15-7+,17-9+. The zero-order valence-electron chi connectivity index (χ0n) is 15.0. The Morgan fingerprint density at radius 3 is 2.52 bits per heavy atom. The van der Waals surface area contributed by atoms with E-state index in [0.29, 0.717) is 40.6 Å². The highest BCUT2D eigenvalue weighted by molar-refractivity contribution is 5.53. The molecule has 6 nitrogen and oxygen atoms in total. The molecule has 1 aromatic carbocycles. The number of aromatic hydroxyl groups is 1. The molecule has 0 amide bonds. The van der Waals surface area contributed by atoms with Gasteiger partial charge in [0, 0.05) is 31.2 Å². The third kappa shape index (κ3) is 4.70. The van der Waals surface area contributed by atoms with Crippen molar-refractivity contribution in [2.75, 3.05) is 28.1 Å². The molecular formula is C19H24O6. The lowest BCUT2D eigenvalue weighted by atomic mass is 10.0. The number of allylic oxidation sites excluding steroid dienone is 2. The quantitative estimate of drug-likeness (QED) is 0.574. The Morgan fingerprint density at radius 1 is 1.24 bits per heavy atom. The zero-order chi connectivity index (χ0) is 18.4. The SMILES string of the molecule is C=C(Cc1cc2c(cc1O)OCO2)/C(=C\C(=C/C(C)OC)OC)OC. The van der Waals surface area contributed by atoms with Gasteiger partial charge in [0.15, 0.2) is 11.5 Å². The molecular weight excluding hydrogens is 324 g/mol. The first-order chi connectivity index (χ1) is 12.0. The van der Waals surface area contributed by atoms with Crippen LogP contribution in [0.3, 0.4) is 0 Å². The topological polar surface area (TPSA) is 66.4 Å². The molecule has 0 bridgehead atoms. The van der Waals surface area contributed by atoms with Crippen LogP contribution in [0.4, 0.5) is 0 Å². The lowest BCUT2D eigenvalue weighted by molar-refractivity contribution is 0.151. The van der Waals surface area contributed by atoms with Crippen LogP contribution in [-0.4, -0.2) is 39.3 Å². The highest BCUT2D eigenvalue weighted by Gasteiger charge is 2.18. The van der Waals surface area contributed by atoms with E-state index in [9.17, 15) is 5.11 Å². The van der Waals surface area contributed by atoms with Gasteiger partial charge >= 0.3 is 0 Å². The molecule has 1 unspecified atom stereocenters. The minimum Gasteiger partial charge on any atom is -0.508 e. The van der Waals surface area contributed by atoms with Crippen LogP contribution < -0.4 is 9.47 Å². The van der Waals surface area contributed by atoms with Gasteiger partial charge in [0.25, 0.3) is 0 Å². The van der Waals surface area contributed by atoms with Gasteiger partial charge in [0.2, 0.25) is 6.79 Å². The number of rotatable bonds is 8. The molecule has 1 atom stereocenters. The molecule has 0 aromatic heterocycles. The van der Waals surface area contributed by atoms with Crippen LogP contribution in [0.15, 0.2) is 48.0 Å². The number of hydrogen-bond acceptors (Lipinski definition) is 6. The first-order valence-electron chi connectivity index (χ1n) is 7.82. The zero-order valence-corrected chi connectivity index (χ0v) is 15.0. The van der Waals surface area contributed by atoms with Gasteiger partial charge in [0.05, 0.1) is 20.3 Å². The average Bonchev–Trinajstić information content (AvgIpc) is 3.05. The van der Waals surface area contributed by atoms with E-state index >= 15 is 0 Å². The van der Waals surface area contributed by atoms with E-state index < -0.39 is 0 Å². The predicted octanol–water partition coefficient (Wildman–Crippen LogP) is 3.32. The van der Waals surface area contributed by atoms with E-state index in [1.54, 1.807) is 39.5 Å². The van der Waals surface area contributed by atoms with Crippen molar-refractivity contribution in [1.29, 1.82) is 0 Å². The van der Waals surface area contributed by atoms with E-state index in [2.05, 4.69) is 6.58 Å². The van der Waals surface area contributed by atoms with Gasteiger partial charge in [-0.1, -0.05) is 6.58 Å². The molecule has 0 spiro atoms. The fourth-order valence-electron chi connectivity index (χ4n) is 2.34. The number of fused-ring (bicyclic) bond motifs is 1. The van der Waals surface area contributed by atoms with Crippen molar-refractivity contribution in [3.8, 4) is 17.2 Å². The molecule has 2 rings (SSSR count). The van der Waals surface area contributed by atoms with Gasteiger partial charge in [-0.05, 0) is 24.6 Å². The maximum absolute atomic E-state index is 10.2.